The Morgan fingerprint density at radius 2 is 1.89 bits per heavy atom. The van der Waals surface area contributed by atoms with Crippen LogP contribution in [0.3, 0.4) is 0 Å². The molecule has 3 rings (SSSR count). The summed E-state index contributed by atoms with van der Waals surface area (Å²) in [6.45, 7) is 1.19. The molecule has 0 radical (unpaired) electrons. The minimum Gasteiger partial charge on any atom is -0.381 e. The van der Waals surface area contributed by atoms with E-state index in [2.05, 4.69) is 4.72 Å². The number of nitrogens with zero attached hydrogens (tertiary/aromatic N) is 1. The Labute approximate surface area is 158 Å². The second kappa shape index (κ2) is 8.17. The van der Waals surface area contributed by atoms with Crippen LogP contribution in [0.4, 0.5) is 4.39 Å². The maximum absolute atomic E-state index is 13.7. The van der Waals surface area contributed by atoms with Crippen molar-refractivity contribution in [1.29, 1.82) is 5.26 Å². The van der Waals surface area contributed by atoms with E-state index >= 15 is 0 Å². The molecule has 1 fully saturated rings. The summed E-state index contributed by atoms with van der Waals surface area (Å²) in [5.74, 6) is -0.548. The Kier molecular flexibility index (Phi) is 5.90. The third-order valence-electron chi connectivity index (χ3n) is 4.93. The number of nitriles is 1. The third-order valence-corrected chi connectivity index (χ3v) is 6.23. The van der Waals surface area contributed by atoms with E-state index in [0.717, 1.165) is 5.56 Å². The van der Waals surface area contributed by atoms with Gasteiger partial charge in [0.25, 0.3) is 0 Å². The van der Waals surface area contributed by atoms with E-state index in [0.29, 0.717) is 37.2 Å². The molecule has 0 saturated carbocycles. The highest BCUT2D eigenvalue weighted by atomic mass is 32.2. The zero-order chi connectivity index (χ0) is 19.3. The van der Waals surface area contributed by atoms with Crippen LogP contribution in [0, 0.1) is 17.1 Å². The van der Waals surface area contributed by atoms with Gasteiger partial charge < -0.3 is 4.74 Å². The minimum atomic E-state index is -3.61. The highest BCUT2D eigenvalue weighted by Gasteiger charge is 2.35. The van der Waals surface area contributed by atoms with Gasteiger partial charge in [-0.2, -0.15) is 5.26 Å². The molecule has 0 amide bonds. The van der Waals surface area contributed by atoms with Gasteiger partial charge in [-0.05, 0) is 48.2 Å². The molecule has 0 unspecified atom stereocenters. The van der Waals surface area contributed by atoms with Gasteiger partial charge in [0.05, 0.1) is 17.4 Å². The molecule has 27 heavy (non-hydrogen) atoms. The van der Waals surface area contributed by atoms with Crippen molar-refractivity contribution in [2.75, 3.05) is 19.8 Å². The van der Waals surface area contributed by atoms with Crippen molar-refractivity contribution < 1.29 is 17.5 Å². The standard InChI is InChI=1S/C20H21FN2O3S/c21-19-6-2-5-18(12-19)20(7-9-26-10-8-20)15-23-27(24,25)14-17-4-1-3-16(11-17)13-22/h1-6,11-12,23H,7-10,14-15H2. The second-order valence-corrected chi connectivity index (χ2v) is 8.60. The fourth-order valence-electron chi connectivity index (χ4n) is 3.40. The van der Waals surface area contributed by atoms with Crippen LogP contribution in [-0.4, -0.2) is 28.2 Å². The molecule has 0 atom stereocenters. The lowest BCUT2D eigenvalue weighted by Gasteiger charge is -2.38. The zero-order valence-electron chi connectivity index (χ0n) is 14.8. The van der Waals surface area contributed by atoms with Gasteiger partial charge in [-0.1, -0.05) is 24.3 Å². The second-order valence-electron chi connectivity index (χ2n) is 6.80. The zero-order valence-corrected chi connectivity index (χ0v) is 15.6. The molecule has 2 aromatic carbocycles. The summed E-state index contributed by atoms with van der Waals surface area (Å²) < 4.78 is 47.0. The molecule has 1 aliphatic heterocycles. The SMILES string of the molecule is N#Cc1cccc(CS(=O)(=O)NCC2(c3cccc(F)c3)CCOCC2)c1. The van der Waals surface area contributed by atoms with Gasteiger partial charge in [0.15, 0.2) is 0 Å². The van der Waals surface area contributed by atoms with Crippen LogP contribution >= 0.6 is 0 Å². The number of benzene rings is 2. The maximum atomic E-state index is 13.7. The summed E-state index contributed by atoms with van der Waals surface area (Å²) in [5.41, 5.74) is 1.25. The van der Waals surface area contributed by atoms with Crippen molar-refractivity contribution in [1.82, 2.24) is 4.72 Å². The molecule has 1 saturated heterocycles. The summed E-state index contributed by atoms with van der Waals surface area (Å²) in [4.78, 5) is 0. The van der Waals surface area contributed by atoms with Crippen LogP contribution in [0.25, 0.3) is 0 Å². The van der Waals surface area contributed by atoms with Crippen molar-refractivity contribution in [3.05, 3.63) is 71.0 Å². The Bertz CT molecular complexity index is 948. The number of rotatable bonds is 6. The number of sulfonamides is 1. The van der Waals surface area contributed by atoms with Crippen molar-refractivity contribution in [3.63, 3.8) is 0 Å². The molecule has 0 aliphatic carbocycles. The van der Waals surface area contributed by atoms with Crippen LogP contribution in [0.5, 0.6) is 0 Å². The normalized spacial score (nSPS) is 16.6. The van der Waals surface area contributed by atoms with Crippen LogP contribution < -0.4 is 4.72 Å². The van der Waals surface area contributed by atoms with E-state index in [1.807, 2.05) is 12.1 Å². The van der Waals surface area contributed by atoms with Gasteiger partial charge in [-0.3, -0.25) is 0 Å². The molecular formula is C20H21FN2O3S. The lowest BCUT2D eigenvalue weighted by atomic mass is 9.74. The van der Waals surface area contributed by atoms with Crippen LogP contribution in [0.15, 0.2) is 48.5 Å². The summed E-state index contributed by atoms with van der Waals surface area (Å²) >= 11 is 0. The summed E-state index contributed by atoms with van der Waals surface area (Å²) in [7, 11) is -3.61. The number of ether oxygens (including phenoxy) is 1. The van der Waals surface area contributed by atoms with Gasteiger partial charge >= 0.3 is 0 Å². The fraction of sp³-hybridized carbons (Fsp3) is 0.350. The first kappa shape index (κ1) is 19.5. The van der Waals surface area contributed by atoms with E-state index in [4.69, 9.17) is 10.00 Å². The minimum absolute atomic E-state index is 0.181. The Morgan fingerprint density at radius 1 is 1.15 bits per heavy atom. The van der Waals surface area contributed by atoms with E-state index in [1.54, 1.807) is 30.3 Å². The number of halogens is 1. The first-order chi connectivity index (χ1) is 12.9. The molecule has 0 aromatic heterocycles. The Hall–Kier alpha value is -2.27. The van der Waals surface area contributed by atoms with Gasteiger partial charge in [-0.15, -0.1) is 0 Å². The van der Waals surface area contributed by atoms with Crippen LogP contribution in [-0.2, 0) is 25.9 Å². The predicted molar refractivity (Wildman–Crippen MR) is 99.9 cm³/mol. The lowest BCUT2D eigenvalue weighted by Crippen LogP contribution is -2.44. The van der Waals surface area contributed by atoms with Crippen molar-refractivity contribution in [3.8, 4) is 6.07 Å². The first-order valence-corrected chi connectivity index (χ1v) is 10.4. The predicted octanol–water partition coefficient (Wildman–Crippen LogP) is 2.87. The Balaban J connectivity index is 1.77. The van der Waals surface area contributed by atoms with E-state index in [1.165, 1.54) is 12.1 Å². The van der Waals surface area contributed by atoms with Crippen LogP contribution in [0.2, 0.25) is 0 Å². The maximum Gasteiger partial charge on any atom is 0.215 e. The van der Waals surface area contributed by atoms with Gasteiger partial charge in [0.2, 0.25) is 10.0 Å². The summed E-state index contributed by atoms with van der Waals surface area (Å²) in [5, 5.41) is 8.96. The molecule has 0 bridgehead atoms. The van der Waals surface area contributed by atoms with E-state index in [-0.39, 0.29) is 18.1 Å². The smallest absolute Gasteiger partial charge is 0.215 e. The van der Waals surface area contributed by atoms with Crippen molar-refractivity contribution in [2.45, 2.75) is 24.0 Å². The topological polar surface area (TPSA) is 79.2 Å². The third kappa shape index (κ3) is 4.92. The van der Waals surface area contributed by atoms with E-state index in [9.17, 15) is 12.8 Å². The molecule has 0 spiro atoms. The molecule has 2 aromatic rings. The molecule has 5 nitrogen and oxygen atoms in total. The molecule has 1 N–H and O–H groups in total. The average molecular weight is 388 g/mol. The van der Waals surface area contributed by atoms with Gasteiger partial charge in [0, 0.05) is 25.2 Å². The first-order valence-electron chi connectivity index (χ1n) is 8.73. The summed E-state index contributed by atoms with van der Waals surface area (Å²) in [6.07, 6.45) is 1.23. The average Bonchev–Trinajstić information content (AvgIpc) is 2.67. The van der Waals surface area contributed by atoms with Gasteiger partial charge in [0.1, 0.15) is 5.82 Å². The van der Waals surface area contributed by atoms with Crippen LogP contribution in [0.1, 0.15) is 29.5 Å². The molecule has 1 aliphatic rings. The van der Waals surface area contributed by atoms with E-state index < -0.39 is 15.4 Å². The lowest BCUT2D eigenvalue weighted by molar-refractivity contribution is 0.0516. The number of nitrogens with one attached hydrogen (secondary N) is 1. The molecular weight excluding hydrogens is 367 g/mol. The quantitative estimate of drug-likeness (QED) is 0.825. The largest absolute Gasteiger partial charge is 0.381 e. The molecule has 142 valence electrons. The number of hydrogen-bond acceptors (Lipinski definition) is 4. The Morgan fingerprint density at radius 3 is 2.59 bits per heavy atom. The van der Waals surface area contributed by atoms with Crippen molar-refractivity contribution >= 4 is 10.0 Å². The molecule has 1 heterocycles. The highest BCUT2D eigenvalue weighted by molar-refractivity contribution is 7.88. The fourth-order valence-corrected chi connectivity index (χ4v) is 4.61. The number of hydrogen-bond donors (Lipinski definition) is 1. The van der Waals surface area contributed by atoms with Crippen molar-refractivity contribution in [2.24, 2.45) is 0 Å². The highest BCUT2D eigenvalue weighted by Crippen LogP contribution is 2.34. The molecule has 7 heteroatoms. The summed E-state index contributed by atoms with van der Waals surface area (Å²) in [6, 6.07) is 14.9. The monoisotopic (exact) mass is 388 g/mol. The van der Waals surface area contributed by atoms with Gasteiger partial charge in [-0.25, -0.2) is 17.5 Å².